The van der Waals surface area contributed by atoms with Crippen LogP contribution in [0.3, 0.4) is 0 Å². The fraction of sp³-hybridized carbons (Fsp3) is 0.429. The van der Waals surface area contributed by atoms with Crippen molar-refractivity contribution in [1.82, 2.24) is 5.32 Å². The maximum absolute atomic E-state index is 13.0. The van der Waals surface area contributed by atoms with Gasteiger partial charge in [0.15, 0.2) is 5.78 Å². The molecule has 1 unspecified atom stereocenters. The summed E-state index contributed by atoms with van der Waals surface area (Å²) in [4.78, 5) is 23.3. The second-order valence-electron chi connectivity index (χ2n) is 4.54. The average molecular weight is 266 g/mol. The van der Waals surface area contributed by atoms with Gasteiger partial charge < -0.3 is 11.1 Å². The number of nitrogens with two attached hydrogens (primary N) is 1. The molecule has 0 aliphatic rings. The largest absolute Gasteiger partial charge is 0.396 e. The van der Waals surface area contributed by atoms with Crippen LogP contribution in [0.25, 0.3) is 0 Å². The van der Waals surface area contributed by atoms with Gasteiger partial charge in [-0.2, -0.15) is 0 Å². The van der Waals surface area contributed by atoms with E-state index in [1.165, 1.54) is 12.1 Å². The van der Waals surface area contributed by atoms with Gasteiger partial charge in [0.25, 0.3) is 0 Å². The Hall–Kier alpha value is -1.91. The minimum Gasteiger partial charge on any atom is -0.396 e. The molecule has 0 fully saturated rings. The van der Waals surface area contributed by atoms with Crippen molar-refractivity contribution < 1.29 is 14.0 Å². The summed E-state index contributed by atoms with van der Waals surface area (Å²) in [5.41, 5.74) is 5.66. The molecule has 1 aromatic rings. The van der Waals surface area contributed by atoms with E-state index in [9.17, 15) is 14.0 Å². The van der Waals surface area contributed by atoms with Gasteiger partial charge in [-0.05, 0) is 31.5 Å². The lowest BCUT2D eigenvalue weighted by Crippen LogP contribution is -2.32. The molecule has 0 saturated carbocycles. The first kappa shape index (κ1) is 15.1. The molecule has 5 heteroatoms. The van der Waals surface area contributed by atoms with Gasteiger partial charge in [0.1, 0.15) is 5.82 Å². The standard InChI is InChI=1S/C14H19FN2O2/c1-3-9(2)17-14(19)7-6-13(18)10-4-5-11(15)12(16)8-10/h4-5,8-9H,3,6-7,16H2,1-2H3,(H,17,19). The Balaban J connectivity index is 2.51. The van der Waals surface area contributed by atoms with Gasteiger partial charge in [0.05, 0.1) is 5.69 Å². The third kappa shape index (κ3) is 4.69. The van der Waals surface area contributed by atoms with Gasteiger partial charge in [-0.3, -0.25) is 9.59 Å². The molecule has 0 aliphatic carbocycles. The van der Waals surface area contributed by atoms with Crippen molar-refractivity contribution in [2.24, 2.45) is 0 Å². The summed E-state index contributed by atoms with van der Waals surface area (Å²) < 4.78 is 13.0. The topological polar surface area (TPSA) is 72.2 Å². The van der Waals surface area contributed by atoms with Crippen molar-refractivity contribution in [2.75, 3.05) is 5.73 Å². The molecule has 0 aliphatic heterocycles. The molecule has 1 rings (SSSR count). The van der Waals surface area contributed by atoms with Crippen molar-refractivity contribution in [2.45, 2.75) is 39.2 Å². The van der Waals surface area contributed by atoms with Crippen molar-refractivity contribution in [3.05, 3.63) is 29.6 Å². The lowest BCUT2D eigenvalue weighted by molar-refractivity contribution is -0.121. The van der Waals surface area contributed by atoms with E-state index in [-0.39, 0.29) is 36.3 Å². The first-order chi connectivity index (χ1) is 8.93. The maximum atomic E-state index is 13.0. The lowest BCUT2D eigenvalue weighted by atomic mass is 10.1. The summed E-state index contributed by atoms with van der Waals surface area (Å²) in [5.74, 6) is -0.921. The molecule has 0 bridgehead atoms. The van der Waals surface area contributed by atoms with Crippen molar-refractivity contribution in [1.29, 1.82) is 0 Å². The van der Waals surface area contributed by atoms with Crippen LogP contribution < -0.4 is 11.1 Å². The Morgan fingerprint density at radius 1 is 1.37 bits per heavy atom. The molecule has 3 N–H and O–H groups in total. The van der Waals surface area contributed by atoms with Crippen LogP contribution in [-0.4, -0.2) is 17.7 Å². The van der Waals surface area contributed by atoms with E-state index in [1.54, 1.807) is 0 Å². The summed E-state index contributed by atoms with van der Waals surface area (Å²) >= 11 is 0. The predicted molar refractivity (Wildman–Crippen MR) is 72.3 cm³/mol. The number of rotatable bonds is 6. The molecule has 4 nitrogen and oxygen atoms in total. The number of nitrogen functional groups attached to an aromatic ring is 1. The van der Waals surface area contributed by atoms with E-state index in [4.69, 9.17) is 5.73 Å². The second kappa shape index (κ2) is 6.87. The number of hydrogen-bond acceptors (Lipinski definition) is 3. The molecule has 0 radical (unpaired) electrons. The Morgan fingerprint density at radius 3 is 2.63 bits per heavy atom. The van der Waals surface area contributed by atoms with E-state index in [1.807, 2.05) is 13.8 Å². The van der Waals surface area contributed by atoms with Crippen LogP contribution in [0.4, 0.5) is 10.1 Å². The number of amides is 1. The molecule has 0 aromatic heterocycles. The predicted octanol–water partition coefficient (Wildman–Crippen LogP) is 2.29. The Kier molecular flexibility index (Phi) is 5.48. The number of nitrogens with one attached hydrogen (secondary N) is 1. The summed E-state index contributed by atoms with van der Waals surface area (Å²) in [6, 6.07) is 3.93. The molecular weight excluding hydrogens is 247 g/mol. The Bertz CT molecular complexity index is 475. The smallest absolute Gasteiger partial charge is 0.220 e. The summed E-state index contributed by atoms with van der Waals surface area (Å²) in [7, 11) is 0. The van der Waals surface area contributed by atoms with Crippen LogP contribution in [0.15, 0.2) is 18.2 Å². The SMILES string of the molecule is CCC(C)NC(=O)CCC(=O)c1ccc(F)c(N)c1. The summed E-state index contributed by atoms with van der Waals surface area (Å²) in [5, 5.41) is 2.78. The van der Waals surface area contributed by atoms with E-state index >= 15 is 0 Å². The molecule has 0 spiro atoms. The molecule has 1 atom stereocenters. The highest BCUT2D eigenvalue weighted by molar-refractivity contribution is 5.98. The van der Waals surface area contributed by atoms with E-state index in [2.05, 4.69) is 5.32 Å². The van der Waals surface area contributed by atoms with Crippen LogP contribution in [0.2, 0.25) is 0 Å². The molecule has 104 valence electrons. The van der Waals surface area contributed by atoms with Crippen LogP contribution in [0.1, 0.15) is 43.5 Å². The van der Waals surface area contributed by atoms with Crippen molar-refractivity contribution >= 4 is 17.4 Å². The number of Topliss-reactive ketones (excluding diaryl/α,β-unsaturated/α-hetero) is 1. The van der Waals surface area contributed by atoms with Crippen molar-refractivity contribution in [3.8, 4) is 0 Å². The minimum atomic E-state index is -0.550. The van der Waals surface area contributed by atoms with Gasteiger partial charge in [0.2, 0.25) is 5.91 Å². The molecule has 1 amide bonds. The fourth-order valence-electron chi connectivity index (χ4n) is 1.54. The number of benzene rings is 1. The van der Waals surface area contributed by atoms with E-state index < -0.39 is 5.82 Å². The van der Waals surface area contributed by atoms with Crippen LogP contribution in [0, 0.1) is 5.82 Å². The third-order valence-corrected chi connectivity index (χ3v) is 2.92. The number of ketones is 1. The highest BCUT2D eigenvalue weighted by Gasteiger charge is 2.12. The third-order valence-electron chi connectivity index (χ3n) is 2.92. The minimum absolute atomic E-state index is 0.0603. The van der Waals surface area contributed by atoms with E-state index in [0.29, 0.717) is 5.56 Å². The lowest BCUT2D eigenvalue weighted by Gasteiger charge is -2.10. The number of hydrogen-bond donors (Lipinski definition) is 2. The number of carbonyl (C=O) groups excluding carboxylic acids is 2. The van der Waals surface area contributed by atoms with Gasteiger partial charge in [-0.1, -0.05) is 6.92 Å². The normalized spacial score (nSPS) is 11.9. The number of carbonyl (C=O) groups is 2. The zero-order chi connectivity index (χ0) is 14.4. The van der Waals surface area contributed by atoms with Crippen LogP contribution >= 0.6 is 0 Å². The van der Waals surface area contributed by atoms with E-state index in [0.717, 1.165) is 12.5 Å². The molecule has 0 saturated heterocycles. The quantitative estimate of drug-likeness (QED) is 0.613. The van der Waals surface area contributed by atoms with Crippen LogP contribution in [-0.2, 0) is 4.79 Å². The summed E-state index contributed by atoms with van der Waals surface area (Å²) in [6.45, 7) is 3.87. The first-order valence-electron chi connectivity index (χ1n) is 6.31. The second-order valence-corrected chi connectivity index (χ2v) is 4.54. The number of anilines is 1. The van der Waals surface area contributed by atoms with Gasteiger partial charge >= 0.3 is 0 Å². The maximum Gasteiger partial charge on any atom is 0.220 e. The zero-order valence-corrected chi connectivity index (χ0v) is 11.2. The molecular formula is C14H19FN2O2. The number of halogens is 1. The average Bonchev–Trinajstić information content (AvgIpc) is 2.39. The summed E-state index contributed by atoms with van der Waals surface area (Å²) in [6.07, 6.45) is 1.06. The van der Waals surface area contributed by atoms with Crippen molar-refractivity contribution in [3.63, 3.8) is 0 Å². The molecule has 1 aromatic carbocycles. The van der Waals surface area contributed by atoms with Crippen LogP contribution in [0.5, 0.6) is 0 Å². The van der Waals surface area contributed by atoms with Gasteiger partial charge in [-0.15, -0.1) is 0 Å². The highest BCUT2D eigenvalue weighted by atomic mass is 19.1. The molecule has 0 heterocycles. The Morgan fingerprint density at radius 2 is 2.05 bits per heavy atom. The first-order valence-corrected chi connectivity index (χ1v) is 6.31. The van der Waals surface area contributed by atoms with Gasteiger partial charge in [-0.25, -0.2) is 4.39 Å². The molecule has 19 heavy (non-hydrogen) atoms. The Labute approximate surface area is 112 Å². The highest BCUT2D eigenvalue weighted by Crippen LogP contribution is 2.14. The fourth-order valence-corrected chi connectivity index (χ4v) is 1.54. The van der Waals surface area contributed by atoms with Gasteiger partial charge in [0, 0.05) is 24.4 Å². The zero-order valence-electron chi connectivity index (χ0n) is 11.2. The monoisotopic (exact) mass is 266 g/mol.